The van der Waals surface area contributed by atoms with Crippen molar-refractivity contribution in [2.24, 2.45) is 5.92 Å². The average molecular weight is 357 g/mol. The molecule has 3 rings (SSSR count). The number of carbonyl (C=O) groups excluding carboxylic acids is 2. The number of thiophene rings is 1. The fourth-order valence-electron chi connectivity index (χ4n) is 3.21. The number of anilines is 1. The Morgan fingerprint density at radius 2 is 2.04 bits per heavy atom. The maximum Gasteiger partial charge on any atom is 0.341 e. The van der Waals surface area contributed by atoms with E-state index in [0.29, 0.717) is 29.5 Å². The summed E-state index contributed by atoms with van der Waals surface area (Å²) in [4.78, 5) is 26.1. The number of hydrogen-bond donors (Lipinski definition) is 1. The van der Waals surface area contributed by atoms with Gasteiger partial charge in [0.1, 0.15) is 5.00 Å². The number of benzene rings is 1. The molecule has 1 atom stereocenters. The van der Waals surface area contributed by atoms with Gasteiger partial charge >= 0.3 is 5.97 Å². The fraction of sp³-hybridized carbons (Fsp3) is 0.400. The number of carbonyl (C=O) groups is 2. The molecule has 0 bridgehead atoms. The molecule has 4 nitrogen and oxygen atoms in total. The van der Waals surface area contributed by atoms with Gasteiger partial charge in [-0.1, -0.05) is 37.3 Å². The highest BCUT2D eigenvalue weighted by Crippen LogP contribution is 2.40. The van der Waals surface area contributed by atoms with Crippen LogP contribution in [-0.2, 0) is 28.8 Å². The van der Waals surface area contributed by atoms with Crippen LogP contribution in [0.25, 0.3) is 0 Å². The first-order valence-electron chi connectivity index (χ1n) is 8.74. The minimum atomic E-state index is -0.329. The Labute approximate surface area is 152 Å². The third kappa shape index (κ3) is 4.10. The molecule has 25 heavy (non-hydrogen) atoms. The Kier molecular flexibility index (Phi) is 5.53. The second kappa shape index (κ2) is 7.83. The van der Waals surface area contributed by atoms with E-state index in [2.05, 4.69) is 12.2 Å². The smallest absolute Gasteiger partial charge is 0.341 e. The van der Waals surface area contributed by atoms with E-state index in [0.717, 1.165) is 30.4 Å². The highest BCUT2D eigenvalue weighted by molar-refractivity contribution is 7.17. The molecule has 132 valence electrons. The topological polar surface area (TPSA) is 55.4 Å². The zero-order valence-electron chi connectivity index (χ0n) is 14.6. The lowest BCUT2D eigenvalue weighted by Crippen LogP contribution is -2.17. The van der Waals surface area contributed by atoms with E-state index in [-0.39, 0.29) is 11.9 Å². The third-order valence-corrected chi connectivity index (χ3v) is 5.62. The third-order valence-electron chi connectivity index (χ3n) is 4.45. The summed E-state index contributed by atoms with van der Waals surface area (Å²) in [6, 6.07) is 9.60. The van der Waals surface area contributed by atoms with Crippen molar-refractivity contribution in [3.8, 4) is 0 Å². The Morgan fingerprint density at radius 1 is 1.28 bits per heavy atom. The largest absolute Gasteiger partial charge is 0.462 e. The highest BCUT2D eigenvalue weighted by Gasteiger charge is 2.29. The molecule has 1 aromatic carbocycles. The number of rotatable bonds is 5. The van der Waals surface area contributed by atoms with Gasteiger partial charge in [0.05, 0.1) is 18.6 Å². The molecule has 1 heterocycles. The van der Waals surface area contributed by atoms with E-state index in [1.165, 1.54) is 16.2 Å². The van der Waals surface area contributed by atoms with E-state index < -0.39 is 0 Å². The molecule has 1 N–H and O–H groups in total. The summed E-state index contributed by atoms with van der Waals surface area (Å²) in [5, 5.41) is 3.59. The van der Waals surface area contributed by atoms with Crippen LogP contribution in [0.3, 0.4) is 0 Å². The second-order valence-corrected chi connectivity index (χ2v) is 7.59. The van der Waals surface area contributed by atoms with Gasteiger partial charge in [0, 0.05) is 4.88 Å². The van der Waals surface area contributed by atoms with Gasteiger partial charge in [-0.15, -0.1) is 11.3 Å². The van der Waals surface area contributed by atoms with Gasteiger partial charge in [-0.25, -0.2) is 4.79 Å². The van der Waals surface area contributed by atoms with Crippen molar-refractivity contribution in [1.82, 2.24) is 0 Å². The number of amides is 1. The van der Waals surface area contributed by atoms with Crippen LogP contribution in [0.2, 0.25) is 0 Å². The molecule has 1 aromatic heterocycles. The predicted octanol–water partition coefficient (Wildman–Crippen LogP) is 4.23. The number of hydrogen-bond acceptors (Lipinski definition) is 4. The molecule has 0 aliphatic heterocycles. The predicted molar refractivity (Wildman–Crippen MR) is 100 cm³/mol. The Bertz CT molecular complexity index is 767. The molecule has 0 spiro atoms. The molecule has 0 fully saturated rings. The van der Waals surface area contributed by atoms with Crippen LogP contribution < -0.4 is 5.32 Å². The molecular weight excluding hydrogens is 334 g/mol. The first-order chi connectivity index (χ1) is 12.1. The lowest BCUT2D eigenvalue weighted by atomic mass is 9.88. The van der Waals surface area contributed by atoms with Crippen molar-refractivity contribution in [2.75, 3.05) is 11.9 Å². The summed E-state index contributed by atoms with van der Waals surface area (Å²) >= 11 is 1.53. The molecule has 2 aromatic rings. The number of ether oxygens (including phenoxy) is 1. The lowest BCUT2D eigenvalue weighted by Gasteiger charge is -2.18. The van der Waals surface area contributed by atoms with E-state index in [1.807, 2.05) is 30.3 Å². The van der Waals surface area contributed by atoms with Crippen molar-refractivity contribution in [3.63, 3.8) is 0 Å². The molecule has 0 radical (unpaired) electrons. The number of nitrogens with one attached hydrogen (secondary N) is 1. The first kappa shape index (κ1) is 17.7. The van der Waals surface area contributed by atoms with E-state index in [1.54, 1.807) is 6.92 Å². The summed E-state index contributed by atoms with van der Waals surface area (Å²) in [5.41, 5.74) is 2.58. The van der Waals surface area contributed by atoms with Crippen LogP contribution >= 0.6 is 11.3 Å². The van der Waals surface area contributed by atoms with Gasteiger partial charge < -0.3 is 10.1 Å². The van der Waals surface area contributed by atoms with Crippen molar-refractivity contribution >= 4 is 28.2 Å². The van der Waals surface area contributed by atoms with Gasteiger partial charge in [-0.2, -0.15) is 0 Å². The maximum absolute atomic E-state index is 12.5. The molecule has 1 aliphatic carbocycles. The van der Waals surface area contributed by atoms with Crippen LogP contribution in [-0.4, -0.2) is 18.5 Å². The first-order valence-corrected chi connectivity index (χ1v) is 9.55. The zero-order chi connectivity index (χ0) is 17.8. The molecule has 1 unspecified atom stereocenters. The van der Waals surface area contributed by atoms with Crippen molar-refractivity contribution in [1.29, 1.82) is 0 Å². The van der Waals surface area contributed by atoms with Gasteiger partial charge in [-0.05, 0) is 43.2 Å². The monoisotopic (exact) mass is 357 g/mol. The summed E-state index contributed by atoms with van der Waals surface area (Å²) in [6.45, 7) is 4.35. The van der Waals surface area contributed by atoms with E-state index >= 15 is 0 Å². The summed E-state index contributed by atoms with van der Waals surface area (Å²) in [6.07, 6.45) is 3.19. The maximum atomic E-state index is 12.5. The van der Waals surface area contributed by atoms with Crippen LogP contribution in [0.1, 0.15) is 46.6 Å². The zero-order valence-corrected chi connectivity index (χ0v) is 15.4. The minimum absolute atomic E-state index is 0.108. The molecule has 1 amide bonds. The van der Waals surface area contributed by atoms with Crippen molar-refractivity contribution in [3.05, 3.63) is 51.9 Å². The Morgan fingerprint density at radius 3 is 2.76 bits per heavy atom. The van der Waals surface area contributed by atoms with Gasteiger partial charge in [-0.3, -0.25) is 4.79 Å². The quantitative estimate of drug-likeness (QED) is 0.815. The Balaban J connectivity index is 1.84. The van der Waals surface area contributed by atoms with E-state index in [9.17, 15) is 9.59 Å². The normalized spacial score (nSPS) is 16.2. The SMILES string of the molecule is CCOC(=O)c1c(NC(=O)Cc2ccccc2)sc2c1CCC(C)C2. The van der Waals surface area contributed by atoms with Crippen LogP contribution in [0.5, 0.6) is 0 Å². The molecule has 5 heteroatoms. The van der Waals surface area contributed by atoms with E-state index in [4.69, 9.17) is 4.74 Å². The molecular formula is C20H23NO3S. The molecule has 0 saturated carbocycles. The highest BCUT2D eigenvalue weighted by atomic mass is 32.1. The second-order valence-electron chi connectivity index (χ2n) is 6.49. The van der Waals surface area contributed by atoms with Gasteiger partial charge in [0.2, 0.25) is 5.91 Å². The van der Waals surface area contributed by atoms with Gasteiger partial charge in [0.15, 0.2) is 0 Å². The number of esters is 1. The Hall–Kier alpha value is -2.14. The lowest BCUT2D eigenvalue weighted by molar-refractivity contribution is -0.115. The summed E-state index contributed by atoms with van der Waals surface area (Å²) in [7, 11) is 0. The summed E-state index contributed by atoms with van der Waals surface area (Å²) < 4.78 is 5.24. The van der Waals surface area contributed by atoms with Crippen LogP contribution in [0, 0.1) is 5.92 Å². The van der Waals surface area contributed by atoms with Crippen LogP contribution in [0.15, 0.2) is 30.3 Å². The van der Waals surface area contributed by atoms with Gasteiger partial charge in [0.25, 0.3) is 0 Å². The minimum Gasteiger partial charge on any atom is -0.462 e. The molecule has 0 saturated heterocycles. The standard InChI is InChI=1S/C20H23NO3S/c1-3-24-20(23)18-15-10-9-13(2)11-16(15)25-19(18)21-17(22)12-14-7-5-4-6-8-14/h4-8,13H,3,9-12H2,1-2H3,(H,21,22). The van der Waals surface area contributed by atoms with Crippen molar-refractivity contribution in [2.45, 2.75) is 39.5 Å². The van der Waals surface area contributed by atoms with Crippen molar-refractivity contribution < 1.29 is 14.3 Å². The summed E-state index contributed by atoms with van der Waals surface area (Å²) in [5.74, 6) is 0.169. The van der Waals surface area contributed by atoms with Crippen LogP contribution in [0.4, 0.5) is 5.00 Å². The molecule has 1 aliphatic rings. The number of fused-ring (bicyclic) bond motifs is 1. The fourth-order valence-corrected chi connectivity index (χ4v) is 4.63. The average Bonchev–Trinajstić information content (AvgIpc) is 2.92.